The average molecular weight is 502 g/mol. The van der Waals surface area contributed by atoms with E-state index in [1.54, 1.807) is 0 Å². The molecule has 2 heterocycles. The molecule has 19 heteroatoms. The predicted molar refractivity (Wildman–Crippen MR) is 89.4 cm³/mol. The summed E-state index contributed by atoms with van der Waals surface area (Å²) in [5.41, 5.74) is 0. The van der Waals surface area contributed by atoms with Crippen LogP contribution in [-0.2, 0) is 43.4 Å². The van der Waals surface area contributed by atoms with Crippen molar-refractivity contribution in [2.45, 2.75) is 61.4 Å². The van der Waals surface area contributed by atoms with Gasteiger partial charge in [0.2, 0.25) is 0 Å². The Morgan fingerprint density at radius 2 is 1.35 bits per heavy atom. The van der Waals surface area contributed by atoms with Gasteiger partial charge >= 0.3 is 20.8 Å². The number of aliphatic hydroxyl groups is 6. The highest BCUT2D eigenvalue weighted by Crippen LogP contribution is 2.30. The molecule has 17 nitrogen and oxygen atoms in total. The molecule has 0 radical (unpaired) electrons. The number of hydrogen-bond acceptors (Lipinski definition) is 15. The smallest absolute Gasteiger partial charge is 0.394 e. The molecule has 0 aromatic heterocycles. The first kappa shape index (κ1) is 26.6. The van der Waals surface area contributed by atoms with Crippen LogP contribution in [0.15, 0.2) is 0 Å². The maximum absolute atomic E-state index is 11.1. The van der Waals surface area contributed by atoms with Crippen LogP contribution in [0, 0.1) is 0 Å². The second-order valence-electron chi connectivity index (χ2n) is 6.55. The van der Waals surface area contributed by atoms with Crippen LogP contribution in [0.5, 0.6) is 0 Å². The molecular formula is C12H22O17S2. The van der Waals surface area contributed by atoms with Crippen molar-refractivity contribution in [2.75, 3.05) is 13.2 Å². The highest BCUT2D eigenvalue weighted by Gasteiger charge is 2.52. The Labute approximate surface area is 175 Å². The lowest BCUT2D eigenvalue weighted by Gasteiger charge is -2.45. The fourth-order valence-corrected chi connectivity index (χ4v) is 3.75. The largest absolute Gasteiger partial charge is 0.397 e. The van der Waals surface area contributed by atoms with Crippen LogP contribution < -0.4 is 0 Å². The van der Waals surface area contributed by atoms with E-state index in [-0.39, 0.29) is 0 Å². The van der Waals surface area contributed by atoms with Gasteiger partial charge in [0.1, 0.15) is 48.8 Å². The van der Waals surface area contributed by atoms with Gasteiger partial charge in [0.05, 0.1) is 13.2 Å². The third kappa shape index (κ3) is 6.93. The molecular weight excluding hydrogens is 480 g/mol. The molecule has 8 N–H and O–H groups in total. The van der Waals surface area contributed by atoms with Gasteiger partial charge in [-0.05, 0) is 0 Å². The van der Waals surface area contributed by atoms with Gasteiger partial charge in [0.15, 0.2) is 12.6 Å². The molecule has 1 unspecified atom stereocenters. The van der Waals surface area contributed by atoms with E-state index in [1.165, 1.54) is 0 Å². The minimum Gasteiger partial charge on any atom is -0.394 e. The van der Waals surface area contributed by atoms with Crippen LogP contribution in [0.25, 0.3) is 0 Å². The van der Waals surface area contributed by atoms with Crippen molar-refractivity contribution in [1.82, 2.24) is 0 Å². The first-order valence-electron chi connectivity index (χ1n) is 8.39. The first-order chi connectivity index (χ1) is 14.1. The van der Waals surface area contributed by atoms with Crippen molar-refractivity contribution in [3.8, 4) is 0 Å². The van der Waals surface area contributed by atoms with Gasteiger partial charge in [-0.2, -0.15) is 16.8 Å². The van der Waals surface area contributed by atoms with Crippen molar-refractivity contribution in [2.24, 2.45) is 0 Å². The topological polar surface area (TPSA) is 276 Å². The second kappa shape index (κ2) is 10.1. The summed E-state index contributed by atoms with van der Waals surface area (Å²) < 4.78 is 84.6. The summed E-state index contributed by atoms with van der Waals surface area (Å²) in [7, 11) is -10.2. The standard InChI is InChI=1S/C12H22O17S2/c13-1-3-9(10(29-31(22,23)24)8(17)11(18)26-3)28-12-7(16)6(15)5(14)4(27-12)2-25-30(19,20)21/h3-18H,1-2H2,(H,19,20,21)(H,22,23,24)/t3-,4-,5+,6+,7-,8-,9-,10-,11?,12+/m1/s1. The van der Waals surface area contributed by atoms with Crippen LogP contribution >= 0.6 is 0 Å². The molecule has 0 amide bonds. The summed E-state index contributed by atoms with van der Waals surface area (Å²) in [6.07, 6.45) is -19.7. The van der Waals surface area contributed by atoms with Crippen molar-refractivity contribution in [3.05, 3.63) is 0 Å². The van der Waals surface area contributed by atoms with Crippen molar-refractivity contribution in [3.63, 3.8) is 0 Å². The zero-order valence-corrected chi connectivity index (χ0v) is 16.9. The van der Waals surface area contributed by atoms with Crippen LogP contribution in [-0.4, -0.2) is 131 Å². The molecule has 2 fully saturated rings. The third-order valence-corrected chi connectivity index (χ3v) is 5.29. The minimum atomic E-state index is -5.25. The van der Waals surface area contributed by atoms with Gasteiger partial charge in [-0.25, -0.2) is 8.37 Å². The normalized spacial score (nSPS) is 42.5. The van der Waals surface area contributed by atoms with E-state index < -0.39 is 95.4 Å². The fraction of sp³-hybridized carbons (Fsp3) is 1.00. The highest BCUT2D eigenvalue weighted by molar-refractivity contribution is 7.81. The summed E-state index contributed by atoms with van der Waals surface area (Å²) in [6, 6.07) is 0. The summed E-state index contributed by atoms with van der Waals surface area (Å²) in [4.78, 5) is 0. The van der Waals surface area contributed by atoms with E-state index in [1.807, 2.05) is 0 Å². The number of rotatable bonds is 8. The Kier molecular flexibility index (Phi) is 8.68. The maximum Gasteiger partial charge on any atom is 0.397 e. The molecule has 184 valence electrons. The van der Waals surface area contributed by atoms with E-state index in [0.29, 0.717) is 0 Å². The first-order valence-corrected chi connectivity index (χ1v) is 11.1. The van der Waals surface area contributed by atoms with E-state index in [4.69, 9.17) is 23.3 Å². The summed E-state index contributed by atoms with van der Waals surface area (Å²) in [6.45, 7) is -2.02. The Morgan fingerprint density at radius 3 is 1.87 bits per heavy atom. The second-order valence-corrected chi connectivity index (χ2v) is 8.69. The van der Waals surface area contributed by atoms with Gasteiger partial charge in [0.25, 0.3) is 0 Å². The lowest BCUT2D eigenvalue weighted by molar-refractivity contribution is -0.352. The molecule has 0 spiro atoms. The molecule has 0 bridgehead atoms. The minimum absolute atomic E-state index is 0.969. The molecule has 0 saturated carbocycles. The van der Waals surface area contributed by atoms with Crippen LogP contribution in [0.1, 0.15) is 0 Å². The van der Waals surface area contributed by atoms with Gasteiger partial charge in [-0.15, -0.1) is 0 Å². The van der Waals surface area contributed by atoms with Crippen molar-refractivity contribution < 1.29 is 79.2 Å². The number of aliphatic hydroxyl groups excluding tert-OH is 6. The molecule has 0 aromatic carbocycles. The molecule has 2 aliphatic rings. The van der Waals surface area contributed by atoms with Gasteiger partial charge in [-0.3, -0.25) is 9.11 Å². The molecule has 2 aliphatic heterocycles. The van der Waals surface area contributed by atoms with Crippen molar-refractivity contribution >= 4 is 20.8 Å². The highest BCUT2D eigenvalue weighted by atomic mass is 32.3. The monoisotopic (exact) mass is 502 g/mol. The van der Waals surface area contributed by atoms with E-state index in [9.17, 15) is 47.5 Å². The van der Waals surface area contributed by atoms with Crippen molar-refractivity contribution in [1.29, 1.82) is 0 Å². The summed E-state index contributed by atoms with van der Waals surface area (Å²) in [5, 5.41) is 58.9. The Hall–Kier alpha value is -0.620. The maximum atomic E-state index is 11.1. The van der Waals surface area contributed by atoms with Crippen LogP contribution in [0.2, 0.25) is 0 Å². The van der Waals surface area contributed by atoms with E-state index >= 15 is 0 Å². The molecule has 0 aliphatic carbocycles. The third-order valence-electron chi connectivity index (χ3n) is 4.39. The number of ether oxygens (including phenoxy) is 3. The van der Waals surface area contributed by atoms with Gasteiger partial charge in [0, 0.05) is 0 Å². The van der Waals surface area contributed by atoms with Crippen LogP contribution in [0.4, 0.5) is 0 Å². The summed E-state index contributed by atoms with van der Waals surface area (Å²) in [5.74, 6) is 0. The zero-order valence-electron chi connectivity index (χ0n) is 15.3. The van der Waals surface area contributed by atoms with Gasteiger partial charge < -0.3 is 44.8 Å². The molecule has 0 aromatic rings. The van der Waals surface area contributed by atoms with E-state index in [2.05, 4.69) is 8.37 Å². The lowest BCUT2D eigenvalue weighted by Crippen LogP contribution is -2.65. The molecule has 2 rings (SSSR count). The summed E-state index contributed by atoms with van der Waals surface area (Å²) >= 11 is 0. The predicted octanol–water partition coefficient (Wildman–Crippen LogP) is -5.74. The van der Waals surface area contributed by atoms with E-state index in [0.717, 1.165) is 0 Å². The average Bonchev–Trinajstić information content (AvgIpc) is 2.64. The Morgan fingerprint density at radius 1 is 0.742 bits per heavy atom. The molecule has 2 saturated heterocycles. The molecule has 10 atom stereocenters. The lowest BCUT2D eigenvalue weighted by atomic mass is 9.97. The fourth-order valence-electron chi connectivity index (χ4n) is 2.94. The molecule has 31 heavy (non-hydrogen) atoms. The quantitative estimate of drug-likeness (QED) is 0.143. The zero-order chi connectivity index (χ0) is 23.7. The Bertz CT molecular complexity index is 800. The number of hydrogen-bond donors (Lipinski definition) is 8. The Balaban J connectivity index is 2.27. The van der Waals surface area contributed by atoms with Gasteiger partial charge in [-0.1, -0.05) is 0 Å². The SMILES string of the molecule is O=S(=O)(O)OC[C@H]1O[C@@H](O[C@H]2[C@H](OS(=O)(=O)O)[C@@H](O)C(O)O[C@@H]2CO)[C@H](O)[C@@H](O)[C@H]1O. The van der Waals surface area contributed by atoms with Crippen LogP contribution in [0.3, 0.4) is 0 Å².